The van der Waals surface area contributed by atoms with Crippen molar-refractivity contribution in [3.63, 3.8) is 0 Å². The van der Waals surface area contributed by atoms with Crippen molar-refractivity contribution in [1.29, 1.82) is 0 Å². The zero-order valence-corrected chi connectivity index (χ0v) is 13.2. The van der Waals surface area contributed by atoms with Crippen LogP contribution in [0.1, 0.15) is 22.8 Å². The standard InChI is InChI=1S/C15H13BrClNO2/c1-2-20-14-4-3-10(16)7-13(14)15(19)9-5-11(17)8-12(18)6-9/h3-8H,2,18H2,1H3. The number of benzene rings is 2. The van der Waals surface area contributed by atoms with Crippen LogP contribution >= 0.6 is 27.5 Å². The van der Waals surface area contributed by atoms with E-state index in [9.17, 15) is 4.79 Å². The van der Waals surface area contributed by atoms with Crippen molar-refractivity contribution >= 4 is 39.0 Å². The van der Waals surface area contributed by atoms with E-state index in [0.29, 0.717) is 34.2 Å². The number of carbonyl (C=O) groups is 1. The second-order valence-corrected chi connectivity index (χ2v) is 5.53. The number of carbonyl (C=O) groups excluding carboxylic acids is 1. The number of rotatable bonds is 4. The average molecular weight is 355 g/mol. The van der Waals surface area contributed by atoms with Gasteiger partial charge in [0.2, 0.25) is 0 Å². The van der Waals surface area contributed by atoms with Gasteiger partial charge in [-0.05, 0) is 43.3 Å². The molecule has 0 saturated carbocycles. The molecule has 0 atom stereocenters. The lowest BCUT2D eigenvalue weighted by Crippen LogP contribution is -2.06. The van der Waals surface area contributed by atoms with Crippen LogP contribution in [0.2, 0.25) is 5.02 Å². The minimum absolute atomic E-state index is 0.177. The first-order valence-corrected chi connectivity index (χ1v) is 7.21. The summed E-state index contributed by atoms with van der Waals surface area (Å²) >= 11 is 9.30. The maximum atomic E-state index is 12.6. The second-order valence-electron chi connectivity index (χ2n) is 4.18. The molecule has 0 spiro atoms. The van der Waals surface area contributed by atoms with Gasteiger partial charge in [0.05, 0.1) is 12.2 Å². The fourth-order valence-electron chi connectivity index (χ4n) is 1.86. The molecular weight excluding hydrogens is 342 g/mol. The summed E-state index contributed by atoms with van der Waals surface area (Å²) in [4.78, 5) is 12.6. The van der Waals surface area contributed by atoms with E-state index >= 15 is 0 Å². The molecule has 0 aliphatic carbocycles. The number of hydrogen-bond donors (Lipinski definition) is 1. The lowest BCUT2D eigenvalue weighted by atomic mass is 10.0. The Kier molecular flexibility index (Phi) is 4.68. The summed E-state index contributed by atoms with van der Waals surface area (Å²) in [6, 6.07) is 10.1. The Morgan fingerprint density at radius 1 is 1.30 bits per heavy atom. The molecule has 2 N–H and O–H groups in total. The van der Waals surface area contributed by atoms with E-state index in [2.05, 4.69) is 15.9 Å². The largest absolute Gasteiger partial charge is 0.493 e. The Bertz CT molecular complexity index is 638. The first-order chi connectivity index (χ1) is 9.51. The molecule has 0 aliphatic heterocycles. The molecular formula is C15H13BrClNO2. The molecule has 20 heavy (non-hydrogen) atoms. The Balaban J connectivity index is 2.49. The van der Waals surface area contributed by atoms with Crippen molar-refractivity contribution in [1.82, 2.24) is 0 Å². The summed E-state index contributed by atoms with van der Waals surface area (Å²) in [7, 11) is 0. The first-order valence-electron chi connectivity index (χ1n) is 6.04. The number of halogens is 2. The summed E-state index contributed by atoms with van der Waals surface area (Å²) in [5, 5.41) is 0.432. The minimum Gasteiger partial charge on any atom is -0.493 e. The molecule has 0 fully saturated rings. The van der Waals surface area contributed by atoms with Crippen LogP contribution < -0.4 is 10.5 Å². The predicted molar refractivity (Wildman–Crippen MR) is 84.6 cm³/mol. The lowest BCUT2D eigenvalue weighted by molar-refractivity contribution is 0.103. The SMILES string of the molecule is CCOc1ccc(Br)cc1C(=O)c1cc(N)cc(Cl)c1. The van der Waals surface area contributed by atoms with Crippen molar-refractivity contribution in [3.8, 4) is 5.75 Å². The van der Waals surface area contributed by atoms with Crippen molar-refractivity contribution < 1.29 is 9.53 Å². The maximum absolute atomic E-state index is 12.6. The van der Waals surface area contributed by atoms with Gasteiger partial charge in [0.1, 0.15) is 5.75 Å². The highest BCUT2D eigenvalue weighted by Gasteiger charge is 2.16. The Morgan fingerprint density at radius 3 is 2.70 bits per heavy atom. The van der Waals surface area contributed by atoms with E-state index in [1.54, 1.807) is 30.3 Å². The van der Waals surface area contributed by atoms with Gasteiger partial charge in [-0.3, -0.25) is 4.79 Å². The Labute approximate surface area is 130 Å². The molecule has 0 heterocycles. The predicted octanol–water partition coefficient (Wildman–Crippen LogP) is 4.31. The summed E-state index contributed by atoms with van der Waals surface area (Å²) in [5.74, 6) is 0.364. The third kappa shape index (κ3) is 3.32. The summed E-state index contributed by atoms with van der Waals surface area (Å²) in [5.41, 5.74) is 7.09. The van der Waals surface area contributed by atoms with Crippen LogP contribution in [0.3, 0.4) is 0 Å². The molecule has 2 aromatic carbocycles. The normalized spacial score (nSPS) is 10.3. The van der Waals surface area contributed by atoms with Crippen molar-refractivity contribution in [2.24, 2.45) is 0 Å². The van der Waals surface area contributed by atoms with E-state index in [1.807, 2.05) is 13.0 Å². The van der Waals surface area contributed by atoms with E-state index in [1.165, 1.54) is 0 Å². The van der Waals surface area contributed by atoms with Gasteiger partial charge in [-0.2, -0.15) is 0 Å². The molecule has 0 bridgehead atoms. The molecule has 5 heteroatoms. The van der Waals surface area contributed by atoms with Crippen LogP contribution in [0.5, 0.6) is 5.75 Å². The summed E-state index contributed by atoms with van der Waals surface area (Å²) < 4.78 is 6.29. The number of ketones is 1. The van der Waals surface area contributed by atoms with Crippen LogP contribution in [0.25, 0.3) is 0 Å². The number of hydrogen-bond acceptors (Lipinski definition) is 3. The van der Waals surface area contributed by atoms with Crippen LogP contribution in [-0.4, -0.2) is 12.4 Å². The second kappa shape index (κ2) is 6.29. The van der Waals surface area contributed by atoms with Gasteiger partial charge in [0, 0.05) is 20.7 Å². The average Bonchev–Trinajstić information content (AvgIpc) is 2.39. The zero-order chi connectivity index (χ0) is 14.7. The third-order valence-corrected chi connectivity index (χ3v) is 3.38. The Hall–Kier alpha value is -1.52. The molecule has 0 amide bonds. The van der Waals surface area contributed by atoms with Crippen LogP contribution in [0.15, 0.2) is 40.9 Å². The molecule has 2 aromatic rings. The number of nitrogens with two attached hydrogens (primary N) is 1. The van der Waals surface area contributed by atoms with Gasteiger partial charge < -0.3 is 10.5 Å². The first kappa shape index (κ1) is 14.9. The molecule has 0 aromatic heterocycles. The molecule has 2 rings (SSSR count). The van der Waals surface area contributed by atoms with E-state index in [4.69, 9.17) is 22.1 Å². The van der Waals surface area contributed by atoms with Gasteiger partial charge in [-0.15, -0.1) is 0 Å². The lowest BCUT2D eigenvalue weighted by Gasteiger charge is -2.10. The smallest absolute Gasteiger partial charge is 0.196 e. The van der Waals surface area contributed by atoms with Crippen molar-refractivity contribution in [2.75, 3.05) is 12.3 Å². The molecule has 3 nitrogen and oxygen atoms in total. The number of ether oxygens (including phenoxy) is 1. The van der Waals surface area contributed by atoms with Crippen molar-refractivity contribution in [2.45, 2.75) is 6.92 Å². The highest BCUT2D eigenvalue weighted by atomic mass is 79.9. The van der Waals surface area contributed by atoms with Crippen LogP contribution in [-0.2, 0) is 0 Å². The van der Waals surface area contributed by atoms with Crippen molar-refractivity contribution in [3.05, 3.63) is 57.0 Å². The molecule has 0 saturated heterocycles. The highest BCUT2D eigenvalue weighted by Crippen LogP contribution is 2.27. The molecule has 0 radical (unpaired) electrons. The molecule has 0 unspecified atom stereocenters. The minimum atomic E-state index is -0.177. The van der Waals surface area contributed by atoms with Gasteiger partial charge in [0.15, 0.2) is 5.78 Å². The van der Waals surface area contributed by atoms with Gasteiger partial charge in [0.25, 0.3) is 0 Å². The van der Waals surface area contributed by atoms with Gasteiger partial charge >= 0.3 is 0 Å². The zero-order valence-electron chi connectivity index (χ0n) is 10.8. The summed E-state index contributed by atoms with van der Waals surface area (Å²) in [6.07, 6.45) is 0. The van der Waals surface area contributed by atoms with Crippen LogP contribution in [0.4, 0.5) is 5.69 Å². The van der Waals surface area contributed by atoms with E-state index < -0.39 is 0 Å². The van der Waals surface area contributed by atoms with E-state index in [0.717, 1.165) is 4.47 Å². The van der Waals surface area contributed by atoms with Gasteiger partial charge in [-0.25, -0.2) is 0 Å². The Morgan fingerprint density at radius 2 is 2.05 bits per heavy atom. The molecule has 104 valence electrons. The molecule has 0 aliphatic rings. The highest BCUT2D eigenvalue weighted by molar-refractivity contribution is 9.10. The monoisotopic (exact) mass is 353 g/mol. The van der Waals surface area contributed by atoms with Crippen LogP contribution in [0, 0.1) is 0 Å². The summed E-state index contributed by atoms with van der Waals surface area (Å²) in [6.45, 7) is 2.35. The number of nitrogen functional groups attached to an aromatic ring is 1. The fraction of sp³-hybridized carbons (Fsp3) is 0.133. The fourth-order valence-corrected chi connectivity index (χ4v) is 2.46. The number of anilines is 1. The van der Waals surface area contributed by atoms with Gasteiger partial charge in [-0.1, -0.05) is 27.5 Å². The quantitative estimate of drug-likeness (QED) is 0.657. The maximum Gasteiger partial charge on any atom is 0.196 e. The van der Waals surface area contributed by atoms with E-state index in [-0.39, 0.29) is 5.78 Å². The third-order valence-electron chi connectivity index (χ3n) is 2.67. The topological polar surface area (TPSA) is 52.3 Å².